The average molecular weight is 238 g/mol. The van der Waals surface area contributed by atoms with E-state index in [1.54, 1.807) is 12.5 Å². The van der Waals surface area contributed by atoms with Gasteiger partial charge in [0.2, 0.25) is 0 Å². The Morgan fingerprint density at radius 1 is 1.69 bits per heavy atom. The topological polar surface area (TPSA) is 54.0 Å². The third kappa shape index (κ3) is 2.95. The molecule has 0 aromatic carbocycles. The van der Waals surface area contributed by atoms with E-state index in [-0.39, 0.29) is 0 Å². The number of aromatic nitrogens is 2. The molecule has 0 unspecified atom stereocenters. The van der Waals surface area contributed by atoms with Crippen molar-refractivity contribution < 1.29 is 0 Å². The summed E-state index contributed by atoms with van der Waals surface area (Å²) in [5.74, 6) is 1.33. The van der Waals surface area contributed by atoms with Crippen molar-refractivity contribution in [2.24, 2.45) is 10.9 Å². The van der Waals surface area contributed by atoms with Crippen molar-refractivity contribution in [2.45, 2.75) is 27.3 Å². The number of nitrogens with one attached hydrogen (secondary N) is 1. The first-order valence-corrected chi connectivity index (χ1v) is 6.49. The lowest BCUT2D eigenvalue weighted by atomic mass is 10.2. The number of aliphatic imine (C=N–C) groups is 1. The fourth-order valence-corrected chi connectivity index (χ4v) is 1.75. The zero-order chi connectivity index (χ0) is 12.1. The van der Waals surface area contributed by atoms with E-state index < -0.39 is 0 Å². The molecule has 0 saturated heterocycles. The second-order valence-corrected chi connectivity index (χ2v) is 4.70. The molecule has 0 aliphatic carbocycles. The molecular formula is C11H18N4S. The van der Waals surface area contributed by atoms with Crippen LogP contribution in [0.4, 0.5) is 5.82 Å². The minimum absolute atomic E-state index is 0.461. The van der Waals surface area contributed by atoms with E-state index in [0.29, 0.717) is 16.7 Å². The Kier molecular flexibility index (Phi) is 4.73. The number of hydrogen-bond donors (Lipinski definition) is 1. The van der Waals surface area contributed by atoms with Crippen molar-refractivity contribution in [1.82, 2.24) is 9.55 Å². The summed E-state index contributed by atoms with van der Waals surface area (Å²) in [6.07, 6.45) is 5.39. The van der Waals surface area contributed by atoms with E-state index in [1.807, 2.05) is 17.7 Å². The van der Waals surface area contributed by atoms with Crippen LogP contribution in [-0.2, 0) is 6.54 Å². The fourth-order valence-electron chi connectivity index (χ4n) is 1.42. The van der Waals surface area contributed by atoms with Gasteiger partial charge in [-0.3, -0.25) is 5.41 Å². The number of hydrogen-bond acceptors (Lipinski definition) is 4. The largest absolute Gasteiger partial charge is 0.315 e. The summed E-state index contributed by atoms with van der Waals surface area (Å²) in [7, 11) is 0. The minimum atomic E-state index is 0.461. The molecule has 4 nitrogen and oxygen atoms in total. The Morgan fingerprint density at radius 3 is 2.88 bits per heavy atom. The lowest BCUT2D eigenvalue weighted by Gasteiger charge is -2.08. The fraction of sp³-hybridized carbons (Fsp3) is 0.545. The summed E-state index contributed by atoms with van der Waals surface area (Å²) in [5.41, 5.74) is 0.672. The summed E-state index contributed by atoms with van der Waals surface area (Å²) in [6, 6.07) is 0. The highest BCUT2D eigenvalue weighted by molar-refractivity contribution is 8.13. The van der Waals surface area contributed by atoms with Crippen molar-refractivity contribution in [3.8, 4) is 0 Å². The molecule has 88 valence electrons. The summed E-state index contributed by atoms with van der Waals surface area (Å²) >= 11 is 1.38. The van der Waals surface area contributed by atoms with Gasteiger partial charge < -0.3 is 4.57 Å². The Hall–Kier alpha value is -1.10. The summed E-state index contributed by atoms with van der Waals surface area (Å²) < 4.78 is 2.00. The molecule has 0 saturated carbocycles. The molecule has 0 amide bonds. The van der Waals surface area contributed by atoms with E-state index in [0.717, 1.165) is 12.4 Å². The predicted octanol–water partition coefficient (Wildman–Crippen LogP) is 2.95. The van der Waals surface area contributed by atoms with Crippen LogP contribution < -0.4 is 0 Å². The molecule has 1 heterocycles. The van der Waals surface area contributed by atoms with Crippen LogP contribution in [0.2, 0.25) is 0 Å². The highest BCUT2D eigenvalue weighted by Gasteiger charge is 2.14. The average Bonchev–Trinajstić information content (AvgIpc) is 2.61. The van der Waals surface area contributed by atoms with Crippen molar-refractivity contribution in [1.29, 1.82) is 5.41 Å². The SMILES string of the molecule is C/C=N\c1c(C(=N)SC)ncn1CC(C)C. The van der Waals surface area contributed by atoms with Gasteiger partial charge in [-0.1, -0.05) is 13.8 Å². The highest BCUT2D eigenvalue weighted by Crippen LogP contribution is 2.22. The van der Waals surface area contributed by atoms with Crippen LogP contribution in [0.25, 0.3) is 0 Å². The van der Waals surface area contributed by atoms with E-state index in [1.165, 1.54) is 11.8 Å². The van der Waals surface area contributed by atoms with Gasteiger partial charge in [0.05, 0.1) is 6.33 Å². The molecule has 1 aromatic heterocycles. The van der Waals surface area contributed by atoms with Crippen LogP contribution >= 0.6 is 11.8 Å². The van der Waals surface area contributed by atoms with Gasteiger partial charge in [-0.15, -0.1) is 11.8 Å². The molecule has 0 aliphatic heterocycles. The van der Waals surface area contributed by atoms with E-state index in [4.69, 9.17) is 5.41 Å². The van der Waals surface area contributed by atoms with Crippen LogP contribution in [0, 0.1) is 11.3 Å². The van der Waals surface area contributed by atoms with Gasteiger partial charge in [-0.25, -0.2) is 9.98 Å². The number of imidazole rings is 1. The van der Waals surface area contributed by atoms with Gasteiger partial charge in [-0.05, 0) is 19.1 Å². The lowest BCUT2D eigenvalue weighted by molar-refractivity contribution is 0.525. The first kappa shape index (κ1) is 13.0. The molecule has 1 aromatic rings. The molecular weight excluding hydrogens is 220 g/mol. The van der Waals surface area contributed by atoms with E-state index in [9.17, 15) is 0 Å². The quantitative estimate of drug-likeness (QED) is 0.647. The molecule has 0 atom stereocenters. The first-order valence-electron chi connectivity index (χ1n) is 5.26. The molecule has 5 heteroatoms. The Labute approximate surface area is 101 Å². The second-order valence-electron chi connectivity index (χ2n) is 3.88. The van der Waals surface area contributed by atoms with E-state index >= 15 is 0 Å². The van der Waals surface area contributed by atoms with Crippen LogP contribution in [0.3, 0.4) is 0 Å². The summed E-state index contributed by atoms with van der Waals surface area (Å²) in [5, 5.41) is 8.27. The molecule has 0 aliphatic rings. The van der Waals surface area contributed by atoms with Gasteiger partial charge in [0, 0.05) is 12.8 Å². The zero-order valence-electron chi connectivity index (χ0n) is 10.2. The molecule has 16 heavy (non-hydrogen) atoms. The molecule has 0 bridgehead atoms. The standard InChI is InChI=1S/C11H18N4S/c1-5-13-11-9(10(12)16-4)14-7-15(11)6-8(2)3/h5,7-8,12H,6H2,1-4H3/b12-10?,13-5-. The van der Waals surface area contributed by atoms with Crippen molar-refractivity contribution >= 4 is 28.8 Å². The molecule has 0 spiro atoms. The number of thioether (sulfide) groups is 1. The van der Waals surface area contributed by atoms with Crippen LogP contribution in [-0.4, -0.2) is 27.1 Å². The van der Waals surface area contributed by atoms with Gasteiger partial charge in [0.1, 0.15) is 10.7 Å². The Morgan fingerprint density at radius 2 is 2.38 bits per heavy atom. The third-order valence-corrected chi connectivity index (χ3v) is 2.64. The maximum absolute atomic E-state index is 7.81. The molecule has 1 rings (SSSR count). The number of rotatable bonds is 4. The summed E-state index contributed by atoms with van der Waals surface area (Å²) in [4.78, 5) is 8.57. The van der Waals surface area contributed by atoms with Gasteiger partial charge in [0.15, 0.2) is 5.82 Å². The monoisotopic (exact) mass is 238 g/mol. The van der Waals surface area contributed by atoms with Gasteiger partial charge in [0.25, 0.3) is 0 Å². The third-order valence-electron chi connectivity index (χ3n) is 2.04. The Bertz CT molecular complexity index is 393. The normalized spacial score (nSPS) is 11.6. The molecule has 0 fully saturated rings. The van der Waals surface area contributed by atoms with Crippen LogP contribution in [0.15, 0.2) is 11.3 Å². The maximum atomic E-state index is 7.81. The summed E-state index contributed by atoms with van der Waals surface area (Å²) in [6.45, 7) is 7.05. The van der Waals surface area contributed by atoms with Crippen molar-refractivity contribution in [3.05, 3.63) is 12.0 Å². The van der Waals surface area contributed by atoms with Gasteiger partial charge in [-0.2, -0.15) is 0 Å². The number of nitrogens with zero attached hydrogens (tertiary/aromatic N) is 3. The smallest absolute Gasteiger partial charge is 0.162 e. The zero-order valence-corrected chi connectivity index (χ0v) is 11.0. The van der Waals surface area contributed by atoms with E-state index in [2.05, 4.69) is 23.8 Å². The van der Waals surface area contributed by atoms with Crippen LogP contribution in [0.5, 0.6) is 0 Å². The maximum Gasteiger partial charge on any atom is 0.162 e. The molecule has 1 N–H and O–H groups in total. The predicted molar refractivity (Wildman–Crippen MR) is 71.2 cm³/mol. The van der Waals surface area contributed by atoms with Crippen molar-refractivity contribution in [3.63, 3.8) is 0 Å². The first-order chi connectivity index (χ1) is 7.60. The Balaban J connectivity index is 3.11. The second kappa shape index (κ2) is 5.84. The van der Waals surface area contributed by atoms with Crippen LogP contribution in [0.1, 0.15) is 26.5 Å². The minimum Gasteiger partial charge on any atom is -0.315 e. The lowest BCUT2D eigenvalue weighted by Crippen LogP contribution is -2.03. The molecule has 0 radical (unpaired) electrons. The highest BCUT2D eigenvalue weighted by atomic mass is 32.2. The van der Waals surface area contributed by atoms with Crippen molar-refractivity contribution in [2.75, 3.05) is 6.26 Å². The van der Waals surface area contributed by atoms with Gasteiger partial charge >= 0.3 is 0 Å².